The van der Waals surface area contributed by atoms with E-state index in [9.17, 15) is 18.0 Å². The van der Waals surface area contributed by atoms with Crippen molar-refractivity contribution in [3.8, 4) is 0 Å². The van der Waals surface area contributed by atoms with E-state index in [1.807, 2.05) is 62.1 Å². The van der Waals surface area contributed by atoms with Crippen molar-refractivity contribution in [2.75, 3.05) is 18.4 Å². The fourth-order valence-electron chi connectivity index (χ4n) is 5.43. The SMILES string of the molecule is Cc1cc(Nc2ccc(CN(C(=O)C=Cc3ccc(C(F)(F)F)cc3)C3CCN(Cc4nc(C)oc4C)CC3)cc2)ccn1. The zero-order chi connectivity index (χ0) is 31.3. The number of hydrogen-bond donors (Lipinski definition) is 1. The Bertz CT molecular complexity index is 1590. The number of nitrogens with zero attached hydrogens (tertiary/aromatic N) is 4. The lowest BCUT2D eigenvalue weighted by Gasteiger charge is -2.38. The number of amides is 1. The molecule has 10 heteroatoms. The van der Waals surface area contributed by atoms with E-state index in [1.165, 1.54) is 18.2 Å². The van der Waals surface area contributed by atoms with Gasteiger partial charge >= 0.3 is 6.18 Å². The average Bonchev–Trinajstić information content (AvgIpc) is 3.31. The first-order valence-corrected chi connectivity index (χ1v) is 14.6. The number of likely N-dealkylation sites (tertiary alicyclic amines) is 1. The van der Waals surface area contributed by atoms with Crippen LogP contribution in [-0.4, -0.2) is 44.8 Å². The van der Waals surface area contributed by atoms with Crippen LogP contribution in [0, 0.1) is 20.8 Å². The molecule has 0 saturated carbocycles. The number of benzene rings is 2. The van der Waals surface area contributed by atoms with Gasteiger partial charge in [0.1, 0.15) is 5.76 Å². The van der Waals surface area contributed by atoms with E-state index in [1.54, 1.807) is 12.3 Å². The van der Waals surface area contributed by atoms with Gasteiger partial charge in [-0.2, -0.15) is 13.2 Å². The second kappa shape index (κ2) is 13.5. The molecule has 0 atom stereocenters. The van der Waals surface area contributed by atoms with Crippen molar-refractivity contribution in [2.24, 2.45) is 0 Å². The molecule has 5 rings (SSSR count). The summed E-state index contributed by atoms with van der Waals surface area (Å²) in [6, 6.07) is 16.6. The second-order valence-corrected chi connectivity index (χ2v) is 11.2. The Morgan fingerprint density at radius 3 is 2.34 bits per heavy atom. The minimum atomic E-state index is -4.41. The number of nitrogens with one attached hydrogen (secondary N) is 1. The molecule has 1 amide bonds. The maximum atomic E-state index is 13.6. The van der Waals surface area contributed by atoms with E-state index in [-0.39, 0.29) is 11.9 Å². The van der Waals surface area contributed by atoms with Gasteiger partial charge < -0.3 is 14.6 Å². The first-order chi connectivity index (χ1) is 21.0. The summed E-state index contributed by atoms with van der Waals surface area (Å²) < 4.78 is 44.5. The Labute approximate surface area is 255 Å². The minimum absolute atomic E-state index is 0.00810. The van der Waals surface area contributed by atoms with Gasteiger partial charge in [0.2, 0.25) is 5.91 Å². The van der Waals surface area contributed by atoms with Crippen molar-refractivity contribution in [2.45, 2.75) is 58.9 Å². The molecule has 1 aliphatic heterocycles. The summed E-state index contributed by atoms with van der Waals surface area (Å²) in [7, 11) is 0. The minimum Gasteiger partial charge on any atom is -0.446 e. The topological polar surface area (TPSA) is 74.5 Å². The van der Waals surface area contributed by atoms with Gasteiger partial charge in [0.15, 0.2) is 5.89 Å². The standard InChI is InChI=1S/C34H36F3N5O2/c1-23-20-30(14-17-38-23)40-29-11-6-27(7-12-29)21-42(33(43)13-8-26-4-9-28(10-5-26)34(35,36)37)31-15-18-41(19-16-31)22-32-24(2)44-25(3)39-32/h4-14,17,20,31H,15-16,18-19,21-22H2,1-3H3,(H,38,40). The van der Waals surface area contributed by atoms with Crippen LogP contribution in [0.25, 0.3) is 6.08 Å². The highest BCUT2D eigenvalue weighted by Crippen LogP contribution is 2.29. The molecule has 1 saturated heterocycles. The number of rotatable bonds is 9. The maximum absolute atomic E-state index is 13.6. The van der Waals surface area contributed by atoms with Crippen LogP contribution in [0.2, 0.25) is 0 Å². The van der Waals surface area contributed by atoms with Crippen molar-refractivity contribution >= 4 is 23.4 Å². The van der Waals surface area contributed by atoms with Crippen molar-refractivity contribution in [3.05, 3.63) is 113 Å². The number of alkyl halides is 3. The zero-order valence-corrected chi connectivity index (χ0v) is 25.1. The van der Waals surface area contributed by atoms with Crippen LogP contribution in [0.1, 0.15) is 52.6 Å². The summed E-state index contributed by atoms with van der Waals surface area (Å²) in [4.78, 5) is 26.5. The number of aryl methyl sites for hydroxylation is 3. The van der Waals surface area contributed by atoms with E-state index in [0.717, 1.165) is 72.2 Å². The average molecular weight is 604 g/mol. The Morgan fingerprint density at radius 2 is 1.73 bits per heavy atom. The molecule has 0 radical (unpaired) electrons. The van der Waals surface area contributed by atoms with Crippen LogP contribution >= 0.6 is 0 Å². The lowest BCUT2D eigenvalue weighted by Crippen LogP contribution is -2.46. The molecule has 0 unspecified atom stereocenters. The molecular weight excluding hydrogens is 567 g/mol. The number of carbonyl (C=O) groups is 1. The highest BCUT2D eigenvalue weighted by atomic mass is 19.4. The highest BCUT2D eigenvalue weighted by molar-refractivity contribution is 5.92. The largest absolute Gasteiger partial charge is 0.446 e. The quantitative estimate of drug-likeness (QED) is 0.200. The number of oxazole rings is 1. The van der Waals surface area contributed by atoms with E-state index in [4.69, 9.17) is 4.42 Å². The van der Waals surface area contributed by atoms with E-state index >= 15 is 0 Å². The number of anilines is 2. The Kier molecular flexibility index (Phi) is 9.49. The van der Waals surface area contributed by atoms with Gasteiger partial charge in [-0.25, -0.2) is 4.98 Å². The van der Waals surface area contributed by atoms with Gasteiger partial charge in [0, 0.05) is 68.5 Å². The first kappa shape index (κ1) is 31.0. The van der Waals surface area contributed by atoms with Gasteiger partial charge in [-0.05, 0) is 80.3 Å². The van der Waals surface area contributed by atoms with Gasteiger partial charge in [0.05, 0.1) is 11.3 Å². The number of halogens is 3. The number of aromatic nitrogens is 2. The van der Waals surface area contributed by atoms with Crippen LogP contribution in [-0.2, 0) is 24.1 Å². The summed E-state index contributed by atoms with van der Waals surface area (Å²) in [6.07, 6.45) is 1.96. The van der Waals surface area contributed by atoms with E-state index in [0.29, 0.717) is 24.5 Å². The molecule has 1 fully saturated rings. The lowest BCUT2D eigenvalue weighted by atomic mass is 10.0. The summed E-state index contributed by atoms with van der Waals surface area (Å²) in [5.74, 6) is 1.30. The molecule has 0 bridgehead atoms. The van der Waals surface area contributed by atoms with Gasteiger partial charge in [0.25, 0.3) is 0 Å². The van der Waals surface area contributed by atoms with Crippen molar-refractivity contribution < 1.29 is 22.4 Å². The molecule has 4 aromatic rings. The lowest BCUT2D eigenvalue weighted by molar-refractivity contribution is -0.137. The predicted molar refractivity (Wildman–Crippen MR) is 164 cm³/mol. The van der Waals surface area contributed by atoms with Crippen LogP contribution in [0.15, 0.2) is 77.4 Å². The van der Waals surface area contributed by atoms with Crippen molar-refractivity contribution in [3.63, 3.8) is 0 Å². The monoisotopic (exact) mass is 603 g/mol. The van der Waals surface area contributed by atoms with Crippen LogP contribution in [0.3, 0.4) is 0 Å². The molecule has 0 spiro atoms. The van der Waals surface area contributed by atoms with Crippen molar-refractivity contribution in [1.82, 2.24) is 19.8 Å². The molecule has 230 valence electrons. The number of piperidine rings is 1. The molecule has 1 aliphatic rings. The third kappa shape index (κ3) is 8.13. The smallest absolute Gasteiger partial charge is 0.416 e. The number of pyridine rings is 1. The molecule has 44 heavy (non-hydrogen) atoms. The zero-order valence-electron chi connectivity index (χ0n) is 25.1. The third-order valence-corrected chi connectivity index (χ3v) is 7.80. The fraction of sp³-hybridized carbons (Fsp3) is 0.324. The molecule has 2 aromatic heterocycles. The maximum Gasteiger partial charge on any atom is 0.416 e. The fourth-order valence-corrected chi connectivity index (χ4v) is 5.43. The molecule has 3 heterocycles. The van der Waals surface area contributed by atoms with Crippen LogP contribution in [0.4, 0.5) is 24.5 Å². The Hall–Kier alpha value is -4.44. The number of carbonyl (C=O) groups excluding carboxylic acids is 1. The van der Waals surface area contributed by atoms with Gasteiger partial charge in [-0.1, -0.05) is 24.3 Å². The summed E-state index contributed by atoms with van der Waals surface area (Å²) in [5.41, 5.74) is 4.51. The van der Waals surface area contributed by atoms with Crippen LogP contribution in [0.5, 0.6) is 0 Å². The second-order valence-electron chi connectivity index (χ2n) is 11.2. The predicted octanol–water partition coefficient (Wildman–Crippen LogP) is 7.46. The molecular formula is C34H36F3N5O2. The molecule has 2 aromatic carbocycles. The summed E-state index contributed by atoms with van der Waals surface area (Å²) >= 11 is 0. The van der Waals surface area contributed by atoms with Gasteiger partial charge in [-0.3, -0.25) is 14.7 Å². The van der Waals surface area contributed by atoms with E-state index < -0.39 is 11.7 Å². The van der Waals surface area contributed by atoms with Crippen LogP contribution < -0.4 is 5.32 Å². The molecule has 1 N–H and O–H groups in total. The normalized spacial score (nSPS) is 14.7. The van der Waals surface area contributed by atoms with Crippen molar-refractivity contribution in [1.29, 1.82) is 0 Å². The first-order valence-electron chi connectivity index (χ1n) is 14.6. The van der Waals surface area contributed by atoms with E-state index in [2.05, 4.69) is 20.2 Å². The third-order valence-electron chi connectivity index (χ3n) is 7.80. The number of hydrogen-bond acceptors (Lipinski definition) is 6. The molecule has 0 aliphatic carbocycles. The molecule has 7 nitrogen and oxygen atoms in total. The Balaban J connectivity index is 1.29. The van der Waals surface area contributed by atoms with Gasteiger partial charge in [-0.15, -0.1) is 0 Å². The highest BCUT2D eigenvalue weighted by Gasteiger charge is 2.30. The summed E-state index contributed by atoms with van der Waals surface area (Å²) in [5, 5.41) is 3.37. The summed E-state index contributed by atoms with van der Waals surface area (Å²) in [6.45, 7) is 8.41. The Morgan fingerprint density at radius 1 is 1.02 bits per heavy atom.